The number of fused-ring (bicyclic) bond motifs is 2. The number of para-hydroxylation sites is 1. The zero-order valence-electron chi connectivity index (χ0n) is 24.9. The van der Waals surface area contributed by atoms with E-state index in [1.54, 1.807) is 43.5 Å². The van der Waals surface area contributed by atoms with Gasteiger partial charge in [-0.3, -0.25) is 4.90 Å². The fraction of sp³-hybridized carbons (Fsp3) is 0.333. The average Bonchev–Trinajstić information content (AvgIpc) is 3.72. The number of nitrogens with zero attached hydrogens (tertiary/aromatic N) is 6. The summed E-state index contributed by atoms with van der Waals surface area (Å²) in [5, 5.41) is 18.2. The van der Waals surface area contributed by atoms with Crippen molar-refractivity contribution >= 4 is 28.6 Å². The van der Waals surface area contributed by atoms with E-state index in [0.717, 1.165) is 54.0 Å². The largest absolute Gasteiger partial charge is 0.478 e. The van der Waals surface area contributed by atoms with Crippen LogP contribution < -0.4 is 9.47 Å². The van der Waals surface area contributed by atoms with Crippen LogP contribution in [0.4, 0.5) is 4.39 Å². The molecule has 0 aliphatic carbocycles. The van der Waals surface area contributed by atoms with E-state index in [1.165, 1.54) is 6.07 Å². The van der Waals surface area contributed by atoms with Crippen molar-refractivity contribution in [1.82, 2.24) is 29.4 Å². The Kier molecular flexibility index (Phi) is 7.45. The Balaban J connectivity index is 1.10. The molecule has 232 valence electrons. The van der Waals surface area contributed by atoms with E-state index in [9.17, 15) is 14.3 Å². The Morgan fingerprint density at radius 1 is 1.11 bits per heavy atom. The van der Waals surface area contributed by atoms with Crippen molar-refractivity contribution in [2.24, 2.45) is 0 Å². The SMILES string of the molecule is CCn1nncc1Cn1c(CN2CCC(c3cccc4c3OC(C)(c3ccc(Cl)cc3F)O4)CC2)nc2ccc(C(=O)O)cc21. The highest BCUT2D eigenvalue weighted by Crippen LogP contribution is 2.49. The van der Waals surface area contributed by atoms with Gasteiger partial charge in [-0.05, 0) is 81.2 Å². The van der Waals surface area contributed by atoms with Crippen LogP contribution in [0.15, 0.2) is 60.8 Å². The molecular formula is C33H32ClFN6O4. The molecule has 0 amide bonds. The highest BCUT2D eigenvalue weighted by molar-refractivity contribution is 6.30. The lowest BCUT2D eigenvalue weighted by molar-refractivity contribution is -0.0712. The summed E-state index contributed by atoms with van der Waals surface area (Å²) in [4.78, 5) is 19.0. The number of imidazole rings is 1. The number of carboxylic acid groups (broad SMARTS) is 1. The average molecular weight is 631 g/mol. The van der Waals surface area contributed by atoms with Crippen molar-refractivity contribution in [3.8, 4) is 11.5 Å². The van der Waals surface area contributed by atoms with Gasteiger partial charge in [0.15, 0.2) is 11.5 Å². The predicted octanol–water partition coefficient (Wildman–Crippen LogP) is 6.21. The monoisotopic (exact) mass is 630 g/mol. The Morgan fingerprint density at radius 3 is 2.69 bits per heavy atom. The topological polar surface area (TPSA) is 108 Å². The van der Waals surface area contributed by atoms with Crippen LogP contribution in [-0.2, 0) is 25.4 Å². The highest BCUT2D eigenvalue weighted by atomic mass is 35.5. The van der Waals surface area contributed by atoms with Gasteiger partial charge in [0.1, 0.15) is 11.6 Å². The van der Waals surface area contributed by atoms with Crippen LogP contribution in [0.2, 0.25) is 5.02 Å². The Hall–Kier alpha value is -4.48. The van der Waals surface area contributed by atoms with E-state index >= 15 is 0 Å². The molecule has 1 atom stereocenters. The zero-order valence-corrected chi connectivity index (χ0v) is 25.7. The number of aromatic nitrogens is 5. The summed E-state index contributed by atoms with van der Waals surface area (Å²) in [6, 6.07) is 15.4. The second kappa shape index (κ2) is 11.5. The van der Waals surface area contributed by atoms with Gasteiger partial charge in [0.05, 0.1) is 47.1 Å². The number of aromatic carboxylic acids is 1. The molecule has 0 radical (unpaired) electrons. The molecule has 1 fully saturated rings. The third-order valence-electron chi connectivity index (χ3n) is 8.82. The van der Waals surface area contributed by atoms with E-state index in [2.05, 4.69) is 25.8 Å². The van der Waals surface area contributed by atoms with Crippen molar-refractivity contribution in [2.75, 3.05) is 13.1 Å². The van der Waals surface area contributed by atoms with Gasteiger partial charge >= 0.3 is 5.97 Å². The molecule has 2 aliphatic heterocycles. The standard InChI is InChI=1S/C33H32ClFN6O4/c1-3-41-23(17-36-38-41)18-40-28-15-21(32(42)43)7-10-27(28)37-30(40)19-39-13-11-20(12-14-39)24-5-4-6-29-31(24)45-33(2,44-29)25-9-8-22(34)16-26(25)35/h4-10,15-17,20H,3,11-14,18-19H2,1-2H3,(H,42,43). The molecule has 1 N–H and O–H groups in total. The number of hydrogen-bond donors (Lipinski definition) is 1. The number of benzene rings is 3. The summed E-state index contributed by atoms with van der Waals surface area (Å²) in [5.41, 5.74) is 4.00. The summed E-state index contributed by atoms with van der Waals surface area (Å²) in [6.07, 6.45) is 3.52. The van der Waals surface area contributed by atoms with Gasteiger partial charge in [0.2, 0.25) is 0 Å². The van der Waals surface area contributed by atoms with Gasteiger partial charge in [0, 0.05) is 24.1 Å². The third-order valence-corrected chi connectivity index (χ3v) is 9.05. The fourth-order valence-corrected chi connectivity index (χ4v) is 6.63. The van der Waals surface area contributed by atoms with Crippen LogP contribution in [0.5, 0.6) is 11.5 Å². The maximum atomic E-state index is 14.9. The summed E-state index contributed by atoms with van der Waals surface area (Å²) in [7, 11) is 0. The number of piperidine rings is 1. The van der Waals surface area contributed by atoms with Crippen molar-refractivity contribution in [1.29, 1.82) is 0 Å². The van der Waals surface area contributed by atoms with Crippen molar-refractivity contribution < 1.29 is 23.8 Å². The van der Waals surface area contributed by atoms with E-state index in [-0.39, 0.29) is 11.5 Å². The number of halogens is 2. The van der Waals surface area contributed by atoms with E-state index < -0.39 is 17.6 Å². The van der Waals surface area contributed by atoms with Gasteiger partial charge in [0.25, 0.3) is 5.79 Å². The number of likely N-dealkylation sites (tertiary alicyclic amines) is 1. The molecule has 45 heavy (non-hydrogen) atoms. The summed E-state index contributed by atoms with van der Waals surface area (Å²) >= 11 is 5.98. The first-order valence-electron chi connectivity index (χ1n) is 15.0. The zero-order chi connectivity index (χ0) is 31.3. The number of carbonyl (C=O) groups is 1. The molecule has 10 nitrogen and oxygen atoms in total. The minimum absolute atomic E-state index is 0.217. The summed E-state index contributed by atoms with van der Waals surface area (Å²) in [6.45, 7) is 7.16. The first-order valence-corrected chi connectivity index (χ1v) is 15.4. The Morgan fingerprint density at radius 2 is 1.93 bits per heavy atom. The van der Waals surface area contributed by atoms with Crippen molar-refractivity contribution in [2.45, 2.75) is 58.0 Å². The van der Waals surface area contributed by atoms with Crippen LogP contribution in [0.25, 0.3) is 11.0 Å². The van der Waals surface area contributed by atoms with Gasteiger partial charge in [-0.2, -0.15) is 0 Å². The molecule has 2 aromatic heterocycles. The lowest BCUT2D eigenvalue weighted by Crippen LogP contribution is -2.34. The van der Waals surface area contributed by atoms with Gasteiger partial charge < -0.3 is 19.1 Å². The van der Waals surface area contributed by atoms with E-state index in [0.29, 0.717) is 41.7 Å². The molecule has 1 unspecified atom stereocenters. The molecule has 7 rings (SSSR count). The molecule has 1 saturated heterocycles. The quantitative estimate of drug-likeness (QED) is 0.216. The van der Waals surface area contributed by atoms with Crippen LogP contribution in [-0.4, -0.2) is 53.6 Å². The molecule has 4 heterocycles. The maximum Gasteiger partial charge on any atom is 0.335 e. The molecule has 0 spiro atoms. The lowest BCUT2D eigenvalue weighted by atomic mass is 9.88. The summed E-state index contributed by atoms with van der Waals surface area (Å²) in [5.74, 6) is -0.405. The number of rotatable bonds is 8. The highest BCUT2D eigenvalue weighted by Gasteiger charge is 2.43. The lowest BCUT2D eigenvalue weighted by Gasteiger charge is -2.32. The van der Waals surface area contributed by atoms with Gasteiger partial charge in [-0.15, -0.1) is 5.10 Å². The van der Waals surface area contributed by atoms with E-state index in [4.69, 9.17) is 26.1 Å². The number of aryl methyl sites for hydroxylation is 1. The van der Waals surface area contributed by atoms with Gasteiger partial charge in [-0.25, -0.2) is 18.9 Å². The Labute approximate surface area is 263 Å². The first kappa shape index (κ1) is 29.2. The fourth-order valence-electron chi connectivity index (χ4n) is 6.47. The van der Waals surface area contributed by atoms with Crippen molar-refractivity contribution in [3.63, 3.8) is 0 Å². The van der Waals surface area contributed by atoms with Crippen LogP contribution in [0.3, 0.4) is 0 Å². The normalized spacial score (nSPS) is 18.6. The molecule has 3 aromatic carbocycles. The van der Waals surface area contributed by atoms with Crippen LogP contribution in [0.1, 0.15) is 65.6 Å². The molecule has 12 heteroatoms. The molecule has 0 bridgehead atoms. The van der Waals surface area contributed by atoms with Crippen LogP contribution >= 0.6 is 11.6 Å². The smallest absolute Gasteiger partial charge is 0.335 e. The number of carboxylic acids is 1. The second-order valence-electron chi connectivity index (χ2n) is 11.7. The van der Waals surface area contributed by atoms with Crippen molar-refractivity contribution in [3.05, 3.63) is 99.8 Å². The third kappa shape index (κ3) is 5.40. The predicted molar refractivity (Wildman–Crippen MR) is 165 cm³/mol. The molecule has 2 aliphatic rings. The van der Waals surface area contributed by atoms with Crippen LogP contribution in [0, 0.1) is 5.82 Å². The summed E-state index contributed by atoms with van der Waals surface area (Å²) < 4.78 is 31.3. The minimum Gasteiger partial charge on any atom is -0.478 e. The molecular weight excluding hydrogens is 599 g/mol. The number of hydrogen-bond acceptors (Lipinski definition) is 7. The Bertz CT molecular complexity index is 1920. The number of ether oxygens (including phenoxy) is 2. The molecule has 5 aromatic rings. The van der Waals surface area contributed by atoms with Gasteiger partial charge in [-0.1, -0.05) is 28.9 Å². The first-order chi connectivity index (χ1) is 21.7. The minimum atomic E-state index is -1.30. The second-order valence-corrected chi connectivity index (χ2v) is 12.1. The molecule has 0 saturated carbocycles. The maximum absolute atomic E-state index is 14.9. The van der Waals surface area contributed by atoms with E-state index in [1.807, 2.05) is 23.7 Å².